The van der Waals surface area contributed by atoms with E-state index in [0.717, 1.165) is 45.2 Å². The lowest BCUT2D eigenvalue weighted by atomic mass is 9.67. The molecule has 2 saturated carbocycles. The van der Waals surface area contributed by atoms with Crippen LogP contribution < -0.4 is 5.32 Å². The van der Waals surface area contributed by atoms with E-state index in [1.807, 2.05) is 0 Å². The summed E-state index contributed by atoms with van der Waals surface area (Å²) in [6, 6.07) is 9.28. The van der Waals surface area contributed by atoms with Crippen LogP contribution in [0.2, 0.25) is 0 Å². The first kappa shape index (κ1) is 17.3. The van der Waals surface area contributed by atoms with Gasteiger partial charge in [-0.05, 0) is 67.4 Å². The molecule has 0 bridgehead atoms. The van der Waals surface area contributed by atoms with Gasteiger partial charge < -0.3 is 10.2 Å². The number of nitrogens with zero attached hydrogens (tertiary/aromatic N) is 1. The average Bonchev–Trinajstić information content (AvgIpc) is 3.29. The molecule has 4 nitrogen and oxygen atoms in total. The predicted octanol–water partition coefficient (Wildman–Crippen LogP) is 3.50. The molecule has 0 unspecified atom stereocenters. The molecular formula is C23H30N2O2. The van der Waals surface area contributed by atoms with Crippen molar-refractivity contribution in [3.63, 3.8) is 0 Å². The van der Waals surface area contributed by atoms with Gasteiger partial charge in [0.1, 0.15) is 0 Å². The Labute approximate surface area is 161 Å². The number of piperidine rings is 1. The number of hydrogen-bond acceptors (Lipinski definition) is 2. The van der Waals surface area contributed by atoms with Gasteiger partial charge in [0.25, 0.3) is 0 Å². The highest BCUT2D eigenvalue weighted by Gasteiger charge is 2.51. The first-order valence-electron chi connectivity index (χ1n) is 10.7. The fraction of sp³-hybridized carbons (Fsp3) is 0.652. The van der Waals surface area contributed by atoms with Crippen LogP contribution in [0, 0.1) is 5.92 Å². The molecule has 2 aliphatic heterocycles. The van der Waals surface area contributed by atoms with Crippen molar-refractivity contribution in [3.05, 3.63) is 35.4 Å². The van der Waals surface area contributed by atoms with Crippen molar-refractivity contribution in [2.75, 3.05) is 13.1 Å². The summed E-state index contributed by atoms with van der Waals surface area (Å²) >= 11 is 0. The quantitative estimate of drug-likeness (QED) is 0.890. The fourth-order valence-electron chi connectivity index (χ4n) is 5.46. The smallest absolute Gasteiger partial charge is 0.225 e. The zero-order valence-corrected chi connectivity index (χ0v) is 16.3. The van der Waals surface area contributed by atoms with E-state index in [1.54, 1.807) is 0 Å². The summed E-state index contributed by atoms with van der Waals surface area (Å²) in [6.07, 6.45) is 8.00. The summed E-state index contributed by atoms with van der Waals surface area (Å²) in [5.41, 5.74) is 3.31. The second-order valence-corrected chi connectivity index (χ2v) is 9.72. The van der Waals surface area contributed by atoms with E-state index in [9.17, 15) is 9.59 Å². The van der Waals surface area contributed by atoms with Crippen LogP contribution in [-0.4, -0.2) is 35.3 Å². The maximum atomic E-state index is 12.8. The summed E-state index contributed by atoms with van der Waals surface area (Å²) in [4.78, 5) is 26.4. The second kappa shape index (κ2) is 6.08. The third-order valence-corrected chi connectivity index (χ3v) is 7.74. The first-order valence-corrected chi connectivity index (χ1v) is 10.7. The Hall–Kier alpha value is -1.84. The Balaban J connectivity index is 1.14. The molecule has 1 N–H and O–H groups in total. The normalized spacial score (nSPS) is 32.3. The standard InChI is InChI=1S/C23H30N2O2/c1-22(10-11-22)19-4-2-16(3-5-19)17-7-12-25(13-8-17)21(27)18-14-23(15-18)9-6-20(26)24-23/h2-5,17-18H,6-15H2,1H3,(H,24,26). The number of nitrogens with one attached hydrogen (secondary N) is 1. The van der Waals surface area contributed by atoms with Crippen molar-refractivity contribution in [1.29, 1.82) is 0 Å². The Bertz CT molecular complexity index is 751. The van der Waals surface area contributed by atoms with Crippen molar-refractivity contribution in [2.45, 2.75) is 75.2 Å². The van der Waals surface area contributed by atoms with Gasteiger partial charge in [0, 0.05) is 31.0 Å². The van der Waals surface area contributed by atoms with Gasteiger partial charge in [-0.1, -0.05) is 31.2 Å². The maximum absolute atomic E-state index is 12.8. The van der Waals surface area contributed by atoms with E-state index < -0.39 is 0 Å². The lowest BCUT2D eigenvalue weighted by Gasteiger charge is -2.46. The molecule has 1 spiro atoms. The van der Waals surface area contributed by atoms with Gasteiger partial charge in [0.15, 0.2) is 0 Å². The molecule has 5 rings (SSSR count). The number of carbonyl (C=O) groups excluding carboxylic acids is 2. The molecule has 2 amide bonds. The number of likely N-dealkylation sites (tertiary alicyclic amines) is 1. The molecule has 2 saturated heterocycles. The van der Waals surface area contributed by atoms with Crippen molar-refractivity contribution >= 4 is 11.8 Å². The van der Waals surface area contributed by atoms with Crippen LogP contribution in [-0.2, 0) is 15.0 Å². The predicted molar refractivity (Wildman–Crippen MR) is 104 cm³/mol. The summed E-state index contributed by atoms with van der Waals surface area (Å²) < 4.78 is 0. The third-order valence-electron chi connectivity index (χ3n) is 7.74. The lowest BCUT2D eigenvalue weighted by Crippen LogP contribution is -2.57. The van der Waals surface area contributed by atoms with Gasteiger partial charge in [-0.15, -0.1) is 0 Å². The summed E-state index contributed by atoms with van der Waals surface area (Å²) in [5, 5.41) is 3.09. The third kappa shape index (κ3) is 3.07. The monoisotopic (exact) mass is 366 g/mol. The molecule has 27 heavy (non-hydrogen) atoms. The van der Waals surface area contributed by atoms with Gasteiger partial charge in [-0.2, -0.15) is 0 Å². The molecule has 1 aromatic carbocycles. The van der Waals surface area contributed by atoms with Crippen LogP contribution in [0.3, 0.4) is 0 Å². The number of carbonyl (C=O) groups is 2. The van der Waals surface area contributed by atoms with E-state index in [0.29, 0.717) is 23.7 Å². The molecule has 2 aliphatic carbocycles. The lowest BCUT2D eigenvalue weighted by molar-refractivity contribution is -0.142. The van der Waals surface area contributed by atoms with Crippen LogP contribution in [0.25, 0.3) is 0 Å². The largest absolute Gasteiger partial charge is 0.351 e. The van der Waals surface area contributed by atoms with Gasteiger partial charge in [0.05, 0.1) is 0 Å². The van der Waals surface area contributed by atoms with Crippen LogP contribution in [0.4, 0.5) is 0 Å². The van der Waals surface area contributed by atoms with Gasteiger partial charge >= 0.3 is 0 Å². The Morgan fingerprint density at radius 1 is 1.07 bits per heavy atom. The minimum Gasteiger partial charge on any atom is -0.351 e. The van der Waals surface area contributed by atoms with Gasteiger partial charge in [-0.3, -0.25) is 9.59 Å². The van der Waals surface area contributed by atoms with E-state index in [2.05, 4.69) is 41.4 Å². The molecule has 0 atom stereocenters. The van der Waals surface area contributed by atoms with E-state index in [-0.39, 0.29) is 17.4 Å². The first-order chi connectivity index (χ1) is 13.0. The molecule has 4 fully saturated rings. The van der Waals surface area contributed by atoms with Crippen molar-refractivity contribution in [3.8, 4) is 0 Å². The Kier molecular flexibility index (Phi) is 3.89. The van der Waals surface area contributed by atoms with Crippen LogP contribution >= 0.6 is 0 Å². The second-order valence-electron chi connectivity index (χ2n) is 9.72. The SMILES string of the molecule is CC1(c2ccc(C3CCN(C(=O)C4CC5(CCC(=O)N5)C4)CC3)cc2)CC1. The molecule has 144 valence electrons. The molecule has 1 aromatic rings. The Morgan fingerprint density at radius 2 is 1.74 bits per heavy atom. The minimum absolute atomic E-state index is 0.0460. The summed E-state index contributed by atoms with van der Waals surface area (Å²) in [5.74, 6) is 1.18. The topological polar surface area (TPSA) is 49.4 Å². The van der Waals surface area contributed by atoms with Crippen molar-refractivity contribution < 1.29 is 9.59 Å². The highest BCUT2D eigenvalue weighted by molar-refractivity contribution is 5.83. The molecule has 2 heterocycles. The van der Waals surface area contributed by atoms with Crippen LogP contribution in [0.1, 0.15) is 75.3 Å². The molecule has 4 heteroatoms. The number of rotatable bonds is 3. The zero-order chi connectivity index (χ0) is 18.6. The molecule has 0 radical (unpaired) electrons. The van der Waals surface area contributed by atoms with E-state index in [4.69, 9.17) is 0 Å². The minimum atomic E-state index is -0.0460. The number of hydrogen-bond donors (Lipinski definition) is 1. The van der Waals surface area contributed by atoms with Crippen molar-refractivity contribution in [2.24, 2.45) is 5.92 Å². The maximum Gasteiger partial charge on any atom is 0.225 e. The van der Waals surface area contributed by atoms with Gasteiger partial charge in [0.2, 0.25) is 11.8 Å². The number of benzene rings is 1. The van der Waals surface area contributed by atoms with E-state index in [1.165, 1.54) is 24.0 Å². The van der Waals surface area contributed by atoms with Crippen LogP contribution in [0.5, 0.6) is 0 Å². The molecular weight excluding hydrogens is 336 g/mol. The molecule has 0 aromatic heterocycles. The van der Waals surface area contributed by atoms with Gasteiger partial charge in [-0.25, -0.2) is 0 Å². The summed E-state index contributed by atoms with van der Waals surface area (Å²) in [7, 11) is 0. The van der Waals surface area contributed by atoms with E-state index >= 15 is 0 Å². The molecule has 4 aliphatic rings. The zero-order valence-electron chi connectivity index (χ0n) is 16.3. The highest BCUT2D eigenvalue weighted by atomic mass is 16.2. The average molecular weight is 367 g/mol. The fourth-order valence-corrected chi connectivity index (χ4v) is 5.46. The summed E-state index contributed by atoms with van der Waals surface area (Å²) in [6.45, 7) is 4.10. The van der Waals surface area contributed by atoms with Crippen molar-refractivity contribution in [1.82, 2.24) is 10.2 Å². The Morgan fingerprint density at radius 3 is 2.30 bits per heavy atom. The highest BCUT2D eigenvalue weighted by Crippen LogP contribution is 2.48. The van der Waals surface area contributed by atoms with Crippen LogP contribution in [0.15, 0.2) is 24.3 Å². The number of amides is 2.